The predicted octanol–water partition coefficient (Wildman–Crippen LogP) is 0.498. The van der Waals surface area contributed by atoms with E-state index < -0.39 is 10.0 Å². The van der Waals surface area contributed by atoms with E-state index in [9.17, 15) is 13.2 Å². The van der Waals surface area contributed by atoms with Crippen LogP contribution >= 0.6 is 12.4 Å². The highest BCUT2D eigenvalue weighted by molar-refractivity contribution is 7.89. The Hall–Kier alpha value is -1.15. The summed E-state index contributed by atoms with van der Waals surface area (Å²) in [6.45, 7) is 5.72. The maximum atomic E-state index is 12.4. The Morgan fingerprint density at radius 1 is 1.43 bits per heavy atom. The number of piperazine rings is 1. The Kier molecular flexibility index (Phi) is 5.75. The fourth-order valence-electron chi connectivity index (χ4n) is 2.40. The highest BCUT2D eigenvalue weighted by Crippen LogP contribution is 2.17. The van der Waals surface area contributed by atoms with Crippen LogP contribution in [0.25, 0.3) is 0 Å². The molecule has 0 bridgehead atoms. The highest BCUT2D eigenvalue weighted by Gasteiger charge is 2.22. The van der Waals surface area contributed by atoms with Crippen molar-refractivity contribution in [3.8, 4) is 0 Å². The molecule has 0 aromatic heterocycles. The fourth-order valence-corrected chi connectivity index (χ4v) is 3.17. The van der Waals surface area contributed by atoms with Crippen molar-refractivity contribution in [3.05, 3.63) is 29.3 Å². The minimum Gasteiger partial charge on any atom is -0.336 e. The first-order valence-corrected chi connectivity index (χ1v) is 8.00. The summed E-state index contributed by atoms with van der Waals surface area (Å²) in [6, 6.07) is 4.75. The van der Waals surface area contributed by atoms with Gasteiger partial charge in [0.1, 0.15) is 0 Å². The van der Waals surface area contributed by atoms with Crippen molar-refractivity contribution < 1.29 is 13.2 Å². The Morgan fingerprint density at radius 3 is 2.62 bits per heavy atom. The number of hydrogen-bond acceptors (Lipinski definition) is 4. The van der Waals surface area contributed by atoms with Crippen LogP contribution in [0.2, 0.25) is 0 Å². The van der Waals surface area contributed by atoms with Gasteiger partial charge < -0.3 is 10.2 Å². The first-order valence-electron chi connectivity index (χ1n) is 6.45. The van der Waals surface area contributed by atoms with Crippen molar-refractivity contribution in [2.24, 2.45) is 5.14 Å². The topological polar surface area (TPSA) is 92.5 Å². The summed E-state index contributed by atoms with van der Waals surface area (Å²) in [6.07, 6.45) is 0. The minimum atomic E-state index is -3.74. The van der Waals surface area contributed by atoms with E-state index in [2.05, 4.69) is 5.32 Å². The Morgan fingerprint density at radius 2 is 2.10 bits per heavy atom. The third-order valence-electron chi connectivity index (χ3n) is 3.38. The van der Waals surface area contributed by atoms with E-state index in [0.717, 1.165) is 6.54 Å². The maximum absolute atomic E-state index is 12.4. The monoisotopic (exact) mass is 333 g/mol. The lowest BCUT2D eigenvalue weighted by Gasteiger charge is -2.32. The van der Waals surface area contributed by atoms with Gasteiger partial charge in [0.05, 0.1) is 4.90 Å². The van der Waals surface area contributed by atoms with Gasteiger partial charge in [-0.2, -0.15) is 0 Å². The molecule has 8 heteroatoms. The van der Waals surface area contributed by atoms with Gasteiger partial charge in [0, 0.05) is 31.2 Å². The van der Waals surface area contributed by atoms with Gasteiger partial charge in [-0.1, -0.05) is 0 Å². The number of aryl methyl sites for hydroxylation is 1. The third kappa shape index (κ3) is 4.16. The smallest absolute Gasteiger partial charge is 0.253 e. The average Bonchev–Trinajstić information content (AvgIpc) is 2.36. The minimum absolute atomic E-state index is 0. The number of halogens is 1. The molecule has 6 nitrogen and oxygen atoms in total. The Bertz CT molecular complexity index is 634. The normalized spacial score (nSPS) is 19.0. The van der Waals surface area contributed by atoms with Gasteiger partial charge in [0.25, 0.3) is 5.91 Å². The van der Waals surface area contributed by atoms with Crippen molar-refractivity contribution in [2.45, 2.75) is 24.8 Å². The van der Waals surface area contributed by atoms with E-state index in [-0.39, 0.29) is 29.3 Å². The molecule has 3 N–H and O–H groups in total. The zero-order valence-corrected chi connectivity index (χ0v) is 13.6. The van der Waals surface area contributed by atoms with Crippen molar-refractivity contribution in [1.29, 1.82) is 0 Å². The number of nitrogens with two attached hydrogens (primary N) is 1. The second kappa shape index (κ2) is 6.74. The van der Waals surface area contributed by atoms with Gasteiger partial charge in [-0.25, -0.2) is 13.6 Å². The summed E-state index contributed by atoms with van der Waals surface area (Å²) in [5.41, 5.74) is 0.977. The van der Waals surface area contributed by atoms with E-state index in [1.807, 2.05) is 6.92 Å². The molecule has 1 aliphatic rings. The predicted molar refractivity (Wildman–Crippen MR) is 83.2 cm³/mol. The zero-order valence-electron chi connectivity index (χ0n) is 12.0. The first kappa shape index (κ1) is 17.9. The quantitative estimate of drug-likeness (QED) is 0.824. The fraction of sp³-hybridized carbons (Fsp3) is 0.462. The number of carbonyl (C=O) groups is 1. The van der Waals surface area contributed by atoms with E-state index in [4.69, 9.17) is 5.14 Å². The van der Waals surface area contributed by atoms with Crippen LogP contribution in [0.3, 0.4) is 0 Å². The molecule has 1 aromatic carbocycles. The number of sulfonamides is 1. The van der Waals surface area contributed by atoms with Gasteiger partial charge in [0.2, 0.25) is 10.0 Å². The van der Waals surface area contributed by atoms with Crippen LogP contribution in [-0.2, 0) is 10.0 Å². The number of hydrogen-bond donors (Lipinski definition) is 2. The van der Waals surface area contributed by atoms with Crippen LogP contribution in [0.15, 0.2) is 23.1 Å². The lowest BCUT2D eigenvalue weighted by Crippen LogP contribution is -2.51. The molecule has 1 unspecified atom stereocenters. The molecule has 1 aromatic rings. The number of amides is 1. The van der Waals surface area contributed by atoms with Crippen LogP contribution in [0.4, 0.5) is 0 Å². The molecule has 0 radical (unpaired) electrons. The molecule has 1 heterocycles. The average molecular weight is 334 g/mol. The van der Waals surface area contributed by atoms with E-state index in [1.54, 1.807) is 17.9 Å². The number of nitrogens with zero attached hydrogens (tertiary/aromatic N) is 1. The van der Waals surface area contributed by atoms with Crippen LogP contribution in [-0.4, -0.2) is 44.9 Å². The van der Waals surface area contributed by atoms with Crippen molar-refractivity contribution in [1.82, 2.24) is 10.2 Å². The summed E-state index contributed by atoms with van der Waals surface area (Å²) in [7, 11) is -3.74. The second-order valence-electron chi connectivity index (χ2n) is 5.13. The summed E-state index contributed by atoms with van der Waals surface area (Å²) >= 11 is 0. The molecule has 1 fully saturated rings. The molecule has 0 spiro atoms. The van der Waals surface area contributed by atoms with Gasteiger partial charge >= 0.3 is 0 Å². The van der Waals surface area contributed by atoms with Crippen molar-refractivity contribution in [2.75, 3.05) is 19.6 Å². The van der Waals surface area contributed by atoms with Crippen molar-refractivity contribution in [3.63, 3.8) is 0 Å². The third-order valence-corrected chi connectivity index (χ3v) is 4.46. The van der Waals surface area contributed by atoms with Gasteiger partial charge in [-0.05, 0) is 37.6 Å². The van der Waals surface area contributed by atoms with Gasteiger partial charge in [0.15, 0.2) is 0 Å². The number of benzene rings is 1. The molecule has 1 atom stereocenters. The molecule has 2 rings (SSSR count). The maximum Gasteiger partial charge on any atom is 0.253 e. The standard InChI is InChI=1S/C13H19N3O3S.ClH/c1-9-7-11(3-4-12(9)20(14,18)19)13(17)16-6-5-15-10(2)8-16;/h3-4,7,10,15H,5-6,8H2,1-2H3,(H2,14,18,19);1H. The zero-order chi connectivity index (χ0) is 14.9. The lowest BCUT2D eigenvalue weighted by atomic mass is 10.1. The summed E-state index contributed by atoms with van der Waals surface area (Å²) in [5, 5.41) is 8.38. The van der Waals surface area contributed by atoms with E-state index in [1.165, 1.54) is 12.1 Å². The van der Waals surface area contributed by atoms with Gasteiger partial charge in [-0.3, -0.25) is 4.79 Å². The SMILES string of the molecule is Cc1cc(C(=O)N2CCNC(C)C2)ccc1S(N)(=O)=O.Cl. The van der Waals surface area contributed by atoms with E-state index >= 15 is 0 Å². The number of nitrogens with one attached hydrogen (secondary N) is 1. The van der Waals surface area contributed by atoms with E-state index in [0.29, 0.717) is 24.2 Å². The molecule has 21 heavy (non-hydrogen) atoms. The Balaban J connectivity index is 0.00000220. The molecule has 1 amide bonds. The molecular formula is C13H20ClN3O3S. The molecule has 1 aliphatic heterocycles. The largest absolute Gasteiger partial charge is 0.336 e. The van der Waals surface area contributed by atoms with Crippen LogP contribution in [0, 0.1) is 6.92 Å². The summed E-state index contributed by atoms with van der Waals surface area (Å²) in [4.78, 5) is 14.2. The molecule has 1 saturated heterocycles. The number of primary sulfonamides is 1. The molecule has 118 valence electrons. The first-order chi connectivity index (χ1) is 9.29. The lowest BCUT2D eigenvalue weighted by molar-refractivity contribution is 0.0709. The van der Waals surface area contributed by atoms with Crippen LogP contribution in [0.1, 0.15) is 22.8 Å². The molecular weight excluding hydrogens is 314 g/mol. The Labute approximate surface area is 131 Å². The summed E-state index contributed by atoms with van der Waals surface area (Å²) in [5.74, 6) is -0.0811. The second-order valence-corrected chi connectivity index (χ2v) is 6.66. The molecule has 0 saturated carbocycles. The summed E-state index contributed by atoms with van der Waals surface area (Å²) < 4.78 is 22.7. The van der Waals surface area contributed by atoms with Crippen molar-refractivity contribution >= 4 is 28.3 Å². The number of rotatable bonds is 2. The number of carbonyl (C=O) groups excluding carboxylic acids is 1. The van der Waals surface area contributed by atoms with Crippen LogP contribution in [0.5, 0.6) is 0 Å². The van der Waals surface area contributed by atoms with Crippen LogP contribution < -0.4 is 10.5 Å². The highest BCUT2D eigenvalue weighted by atomic mass is 35.5. The van der Waals surface area contributed by atoms with Gasteiger partial charge in [-0.15, -0.1) is 12.4 Å². The molecule has 0 aliphatic carbocycles.